The van der Waals surface area contributed by atoms with E-state index >= 15 is 0 Å². The lowest BCUT2D eigenvalue weighted by molar-refractivity contribution is 0.443. The number of pyridine rings is 1. The van der Waals surface area contributed by atoms with Crippen LogP contribution in [0.5, 0.6) is 0 Å². The zero-order valence-corrected chi connectivity index (χ0v) is 23.7. The van der Waals surface area contributed by atoms with E-state index < -0.39 is 0 Å². The number of rotatable bonds is 7. The molecule has 0 saturated heterocycles. The van der Waals surface area contributed by atoms with Crippen LogP contribution in [0.4, 0.5) is 11.4 Å². The SMILES string of the molecule is Cc1nc2cccc([C@H](Nc3cc(C#N)c4ncc(C#N)c(NCC(C)(C)C)c4c3)c3cn(C4CC4)nn3)c2s1. The van der Waals surface area contributed by atoms with Crippen molar-refractivity contribution in [3.8, 4) is 12.1 Å². The molecule has 0 unspecified atom stereocenters. The summed E-state index contributed by atoms with van der Waals surface area (Å²) in [5.74, 6) is 0. The highest BCUT2D eigenvalue weighted by Crippen LogP contribution is 2.38. The number of anilines is 2. The van der Waals surface area contributed by atoms with E-state index in [-0.39, 0.29) is 11.5 Å². The van der Waals surface area contributed by atoms with E-state index in [4.69, 9.17) is 4.98 Å². The number of hydrogen-bond donors (Lipinski definition) is 2. The van der Waals surface area contributed by atoms with Gasteiger partial charge in [-0.3, -0.25) is 4.98 Å². The Kier molecular flexibility index (Phi) is 6.36. The van der Waals surface area contributed by atoms with Crippen molar-refractivity contribution >= 4 is 43.8 Å². The maximum Gasteiger partial charge on any atom is 0.110 e. The van der Waals surface area contributed by atoms with Crippen LogP contribution >= 0.6 is 11.3 Å². The average Bonchev–Trinajstić information content (AvgIpc) is 3.53. The van der Waals surface area contributed by atoms with Crippen LogP contribution in [0.1, 0.15) is 73.1 Å². The first-order valence-corrected chi connectivity index (χ1v) is 14.1. The Bertz CT molecular complexity index is 1830. The van der Waals surface area contributed by atoms with E-state index in [2.05, 4.69) is 64.9 Å². The molecule has 0 bridgehead atoms. The monoisotopic (exact) mass is 547 g/mol. The first-order chi connectivity index (χ1) is 19.2. The summed E-state index contributed by atoms with van der Waals surface area (Å²) < 4.78 is 3.03. The molecule has 5 aromatic rings. The molecule has 1 aliphatic rings. The second-order valence-corrected chi connectivity index (χ2v) is 12.7. The Morgan fingerprint density at radius 2 is 1.95 bits per heavy atom. The lowest BCUT2D eigenvalue weighted by atomic mass is 9.96. The van der Waals surface area contributed by atoms with Crippen LogP contribution in [0.3, 0.4) is 0 Å². The van der Waals surface area contributed by atoms with Crippen molar-refractivity contribution in [2.75, 3.05) is 17.2 Å². The molecule has 3 aromatic heterocycles. The molecule has 1 saturated carbocycles. The highest BCUT2D eigenvalue weighted by atomic mass is 32.1. The van der Waals surface area contributed by atoms with Crippen molar-refractivity contribution in [1.29, 1.82) is 10.5 Å². The summed E-state index contributed by atoms with van der Waals surface area (Å²) in [6.07, 6.45) is 5.77. The predicted molar refractivity (Wildman–Crippen MR) is 157 cm³/mol. The average molecular weight is 548 g/mol. The highest BCUT2D eigenvalue weighted by molar-refractivity contribution is 7.18. The van der Waals surface area contributed by atoms with Crippen molar-refractivity contribution < 1.29 is 0 Å². The largest absolute Gasteiger partial charge is 0.383 e. The minimum Gasteiger partial charge on any atom is -0.383 e. The second-order valence-electron chi connectivity index (χ2n) is 11.5. The van der Waals surface area contributed by atoms with E-state index in [0.717, 1.165) is 50.4 Å². The minimum atomic E-state index is -0.335. The molecule has 10 heteroatoms. The van der Waals surface area contributed by atoms with E-state index in [0.29, 0.717) is 34.9 Å². The molecule has 1 atom stereocenters. The van der Waals surface area contributed by atoms with Crippen LogP contribution in [0.15, 0.2) is 42.7 Å². The zero-order valence-electron chi connectivity index (χ0n) is 22.9. The van der Waals surface area contributed by atoms with Crippen LogP contribution in [0.25, 0.3) is 21.1 Å². The fourth-order valence-electron chi connectivity index (χ4n) is 4.83. The first kappa shape index (κ1) is 25.7. The Balaban J connectivity index is 1.50. The molecule has 0 spiro atoms. The van der Waals surface area contributed by atoms with Gasteiger partial charge in [0.2, 0.25) is 0 Å². The summed E-state index contributed by atoms with van der Waals surface area (Å²) in [5, 5.41) is 37.8. The topological polar surface area (TPSA) is 128 Å². The summed E-state index contributed by atoms with van der Waals surface area (Å²) in [4.78, 5) is 9.19. The molecule has 40 heavy (non-hydrogen) atoms. The number of nitrogens with zero attached hydrogens (tertiary/aromatic N) is 7. The number of aromatic nitrogens is 5. The molecule has 0 radical (unpaired) electrons. The highest BCUT2D eigenvalue weighted by Gasteiger charge is 2.28. The fraction of sp³-hybridized carbons (Fsp3) is 0.333. The standard InChI is InChI=1S/C30H29N9S/c1-17-35-24-7-5-6-22(29(24)40-17)28(25-15-39(38-37-25)21-8-9-21)36-20-10-18(12-31)26-23(11-20)27(19(13-32)14-33-26)34-16-30(2,3)4/h5-7,10-11,14-15,21,28,36H,8-9,16H2,1-4H3,(H,33,34)/t28-/m0/s1. The van der Waals surface area contributed by atoms with Gasteiger partial charge in [0.25, 0.3) is 0 Å². The van der Waals surface area contributed by atoms with E-state index in [1.807, 2.05) is 42.1 Å². The summed E-state index contributed by atoms with van der Waals surface area (Å²) in [7, 11) is 0. The molecule has 9 nitrogen and oxygen atoms in total. The van der Waals surface area contributed by atoms with Gasteiger partial charge < -0.3 is 10.6 Å². The molecule has 2 N–H and O–H groups in total. The summed E-state index contributed by atoms with van der Waals surface area (Å²) in [6.45, 7) is 9.05. The van der Waals surface area contributed by atoms with Gasteiger partial charge >= 0.3 is 0 Å². The Morgan fingerprint density at radius 1 is 1.15 bits per heavy atom. The van der Waals surface area contributed by atoms with Crippen molar-refractivity contribution in [3.05, 3.63) is 70.1 Å². The van der Waals surface area contributed by atoms with Crippen LogP contribution in [-0.4, -0.2) is 31.5 Å². The van der Waals surface area contributed by atoms with Gasteiger partial charge in [0, 0.05) is 23.8 Å². The molecular formula is C30H29N9S. The van der Waals surface area contributed by atoms with Crippen LogP contribution in [-0.2, 0) is 0 Å². The number of nitrogens with one attached hydrogen (secondary N) is 2. The van der Waals surface area contributed by atoms with Gasteiger partial charge in [-0.2, -0.15) is 10.5 Å². The van der Waals surface area contributed by atoms with Crippen LogP contribution < -0.4 is 10.6 Å². The normalized spacial score (nSPS) is 14.2. The van der Waals surface area contributed by atoms with Crippen molar-refractivity contribution in [2.24, 2.45) is 5.41 Å². The van der Waals surface area contributed by atoms with Gasteiger partial charge in [0.15, 0.2) is 0 Å². The number of fused-ring (bicyclic) bond motifs is 2. The molecule has 2 aromatic carbocycles. The Morgan fingerprint density at radius 3 is 2.67 bits per heavy atom. The number of benzene rings is 2. The van der Waals surface area contributed by atoms with Gasteiger partial charge in [0.1, 0.15) is 17.8 Å². The third kappa shape index (κ3) is 4.94. The van der Waals surface area contributed by atoms with Gasteiger partial charge in [-0.15, -0.1) is 16.4 Å². The molecule has 1 aliphatic carbocycles. The lowest BCUT2D eigenvalue weighted by Crippen LogP contribution is -2.20. The molecule has 0 amide bonds. The van der Waals surface area contributed by atoms with Gasteiger partial charge in [0.05, 0.1) is 55.8 Å². The zero-order chi connectivity index (χ0) is 28.0. The lowest BCUT2D eigenvalue weighted by Gasteiger charge is -2.22. The minimum absolute atomic E-state index is 0.0136. The number of hydrogen-bond acceptors (Lipinski definition) is 9. The van der Waals surface area contributed by atoms with Crippen LogP contribution in [0, 0.1) is 35.0 Å². The van der Waals surface area contributed by atoms with E-state index in [9.17, 15) is 10.5 Å². The van der Waals surface area contributed by atoms with Crippen molar-refractivity contribution in [2.45, 2.75) is 52.6 Å². The van der Waals surface area contributed by atoms with E-state index in [1.54, 1.807) is 11.3 Å². The van der Waals surface area contributed by atoms with Gasteiger partial charge in [-0.25, -0.2) is 9.67 Å². The quantitative estimate of drug-likeness (QED) is 0.237. The van der Waals surface area contributed by atoms with Crippen LogP contribution in [0.2, 0.25) is 0 Å². The molecule has 0 aliphatic heterocycles. The summed E-state index contributed by atoms with van der Waals surface area (Å²) in [6, 6.07) is 14.5. The summed E-state index contributed by atoms with van der Waals surface area (Å²) >= 11 is 1.65. The second kappa shape index (κ2) is 9.89. The Hall–Kier alpha value is -4.54. The van der Waals surface area contributed by atoms with Crippen molar-refractivity contribution in [3.63, 3.8) is 0 Å². The maximum absolute atomic E-state index is 10.1. The summed E-state index contributed by atoms with van der Waals surface area (Å²) in [5.41, 5.74) is 5.58. The number of aryl methyl sites for hydroxylation is 1. The Labute approximate surface area is 236 Å². The third-order valence-corrected chi connectivity index (χ3v) is 7.96. The number of nitriles is 2. The van der Waals surface area contributed by atoms with Gasteiger partial charge in [-0.05, 0) is 48.9 Å². The molecule has 1 fully saturated rings. The maximum atomic E-state index is 10.1. The predicted octanol–water partition coefficient (Wildman–Crippen LogP) is 6.48. The molecular weight excluding hydrogens is 518 g/mol. The third-order valence-electron chi connectivity index (χ3n) is 6.93. The van der Waals surface area contributed by atoms with E-state index in [1.165, 1.54) is 6.20 Å². The first-order valence-electron chi connectivity index (χ1n) is 13.3. The molecule has 3 heterocycles. The fourth-order valence-corrected chi connectivity index (χ4v) is 5.79. The van der Waals surface area contributed by atoms with Gasteiger partial charge in [-0.1, -0.05) is 38.1 Å². The smallest absolute Gasteiger partial charge is 0.110 e. The van der Waals surface area contributed by atoms with Crippen molar-refractivity contribution in [1.82, 2.24) is 25.0 Å². The molecule has 6 rings (SSSR count). The molecule has 200 valence electrons. The number of thiazole rings is 1.